The highest BCUT2D eigenvalue weighted by Gasteiger charge is 2.43. The summed E-state index contributed by atoms with van der Waals surface area (Å²) in [6, 6.07) is 9.94. The van der Waals surface area contributed by atoms with Crippen molar-refractivity contribution in [1.82, 2.24) is 20.0 Å². The van der Waals surface area contributed by atoms with Gasteiger partial charge in [-0.3, -0.25) is 4.99 Å². The van der Waals surface area contributed by atoms with E-state index in [0.717, 1.165) is 36.2 Å². The van der Waals surface area contributed by atoms with Crippen LogP contribution in [0.5, 0.6) is 5.75 Å². The molecule has 146 valence electrons. The van der Waals surface area contributed by atoms with Gasteiger partial charge in [0.1, 0.15) is 5.75 Å². The molecule has 2 fully saturated rings. The number of hydrogen-bond donors (Lipinski definition) is 1. The van der Waals surface area contributed by atoms with Crippen LogP contribution in [-0.2, 0) is 6.54 Å². The van der Waals surface area contributed by atoms with Crippen LogP contribution in [0.4, 0.5) is 0 Å². The number of aromatic nitrogens is 2. The van der Waals surface area contributed by atoms with Crippen LogP contribution in [0.15, 0.2) is 41.5 Å². The maximum atomic E-state index is 5.21. The number of guanidine groups is 1. The second kappa shape index (κ2) is 8.50. The molecule has 0 atom stereocenters. The number of rotatable bonds is 4. The average Bonchev–Trinajstić information content (AvgIpc) is 3.30. The topological polar surface area (TPSA) is 54.7 Å². The molecule has 1 N–H and O–H groups in total. The molecule has 2 aliphatic rings. The van der Waals surface area contributed by atoms with Crippen molar-refractivity contribution in [2.24, 2.45) is 10.4 Å². The van der Waals surface area contributed by atoms with Gasteiger partial charge in [-0.15, -0.1) is 24.0 Å². The van der Waals surface area contributed by atoms with Gasteiger partial charge in [-0.25, -0.2) is 4.68 Å². The van der Waals surface area contributed by atoms with E-state index in [2.05, 4.69) is 20.3 Å². The maximum absolute atomic E-state index is 5.21. The van der Waals surface area contributed by atoms with Crippen molar-refractivity contribution in [1.29, 1.82) is 0 Å². The zero-order valence-corrected chi connectivity index (χ0v) is 18.3. The molecule has 2 heterocycles. The second-order valence-corrected chi connectivity index (χ2v) is 7.38. The number of nitrogens with one attached hydrogen (secondary N) is 1. The minimum atomic E-state index is 0. The number of halogens is 1. The highest BCUT2D eigenvalue weighted by molar-refractivity contribution is 14.0. The minimum Gasteiger partial charge on any atom is -0.497 e. The summed E-state index contributed by atoms with van der Waals surface area (Å²) in [5.74, 6) is 1.84. The van der Waals surface area contributed by atoms with E-state index in [0.29, 0.717) is 12.0 Å². The van der Waals surface area contributed by atoms with Crippen LogP contribution < -0.4 is 10.1 Å². The van der Waals surface area contributed by atoms with Crippen molar-refractivity contribution in [2.45, 2.75) is 32.2 Å². The summed E-state index contributed by atoms with van der Waals surface area (Å²) in [6.45, 7) is 2.94. The highest BCUT2D eigenvalue weighted by Crippen LogP contribution is 2.47. The molecule has 1 saturated heterocycles. The Balaban J connectivity index is 0.00000210. The molecule has 0 radical (unpaired) electrons. The van der Waals surface area contributed by atoms with Crippen LogP contribution >= 0.6 is 24.0 Å². The quantitative estimate of drug-likeness (QED) is 0.413. The van der Waals surface area contributed by atoms with E-state index in [9.17, 15) is 0 Å². The Bertz CT molecular complexity index is 782. The molecular formula is C20H28IN5O. The Morgan fingerprint density at radius 3 is 2.59 bits per heavy atom. The first-order valence-electron chi connectivity index (χ1n) is 9.36. The fraction of sp³-hybridized carbons (Fsp3) is 0.500. The number of likely N-dealkylation sites (tertiary alicyclic amines) is 1. The number of nitrogens with zero attached hydrogens (tertiary/aromatic N) is 4. The average molecular weight is 481 g/mol. The molecule has 0 bridgehead atoms. The predicted octanol–water partition coefficient (Wildman–Crippen LogP) is 3.45. The van der Waals surface area contributed by atoms with Gasteiger partial charge in [0.15, 0.2) is 5.96 Å². The summed E-state index contributed by atoms with van der Waals surface area (Å²) in [4.78, 5) is 6.88. The van der Waals surface area contributed by atoms with Crippen LogP contribution in [-0.4, -0.2) is 47.9 Å². The zero-order chi connectivity index (χ0) is 18.0. The molecule has 0 amide bonds. The fourth-order valence-corrected chi connectivity index (χ4v) is 4.04. The normalized spacial score (nSPS) is 18.1. The highest BCUT2D eigenvalue weighted by atomic mass is 127. The summed E-state index contributed by atoms with van der Waals surface area (Å²) in [6.07, 6.45) is 7.45. The molecule has 1 spiro atoms. The van der Waals surface area contributed by atoms with Gasteiger partial charge in [-0.1, -0.05) is 6.42 Å². The Labute approximate surface area is 178 Å². The van der Waals surface area contributed by atoms with Crippen molar-refractivity contribution < 1.29 is 4.74 Å². The van der Waals surface area contributed by atoms with Crippen LogP contribution in [0.1, 0.15) is 31.4 Å². The summed E-state index contributed by atoms with van der Waals surface area (Å²) in [5, 5.41) is 8.14. The zero-order valence-electron chi connectivity index (χ0n) is 16.0. The van der Waals surface area contributed by atoms with E-state index in [4.69, 9.17) is 4.74 Å². The Morgan fingerprint density at radius 1 is 1.22 bits per heavy atom. The third-order valence-electron chi connectivity index (χ3n) is 5.77. The Morgan fingerprint density at radius 2 is 2.00 bits per heavy atom. The molecule has 4 rings (SSSR count). The van der Waals surface area contributed by atoms with E-state index >= 15 is 0 Å². The van der Waals surface area contributed by atoms with E-state index < -0.39 is 0 Å². The molecular weight excluding hydrogens is 453 g/mol. The van der Waals surface area contributed by atoms with E-state index in [1.165, 1.54) is 25.7 Å². The molecule has 7 heteroatoms. The largest absolute Gasteiger partial charge is 0.497 e. The predicted molar refractivity (Wildman–Crippen MR) is 118 cm³/mol. The third-order valence-corrected chi connectivity index (χ3v) is 5.77. The third kappa shape index (κ3) is 4.23. The van der Waals surface area contributed by atoms with Crippen molar-refractivity contribution >= 4 is 29.9 Å². The standard InChI is InChI=1S/C20H27N5O.HI/c1-21-19(24-13-11-20(15-24)9-3-10-20)22-14-16-8-12-25(23-16)17-4-6-18(26-2)7-5-17;/h4-8,12H,3,9-11,13-15H2,1-2H3,(H,21,22);1H. The monoisotopic (exact) mass is 481 g/mol. The minimum absolute atomic E-state index is 0. The lowest BCUT2D eigenvalue weighted by molar-refractivity contribution is 0.151. The summed E-state index contributed by atoms with van der Waals surface area (Å²) in [7, 11) is 3.54. The van der Waals surface area contributed by atoms with E-state index in [1.54, 1.807) is 7.11 Å². The van der Waals surface area contributed by atoms with Crippen molar-refractivity contribution in [2.75, 3.05) is 27.2 Å². The van der Waals surface area contributed by atoms with Crippen LogP contribution in [0.3, 0.4) is 0 Å². The Hall–Kier alpha value is -1.77. The maximum Gasteiger partial charge on any atom is 0.193 e. The fourth-order valence-electron chi connectivity index (χ4n) is 4.04. The lowest BCUT2D eigenvalue weighted by Gasteiger charge is -2.38. The van der Waals surface area contributed by atoms with Crippen molar-refractivity contribution in [3.05, 3.63) is 42.2 Å². The van der Waals surface area contributed by atoms with Crippen LogP contribution in [0.25, 0.3) is 5.69 Å². The molecule has 27 heavy (non-hydrogen) atoms. The first-order valence-corrected chi connectivity index (χ1v) is 9.36. The number of ether oxygens (including phenoxy) is 1. The van der Waals surface area contributed by atoms with E-state index in [-0.39, 0.29) is 24.0 Å². The first kappa shape index (κ1) is 20.0. The lowest BCUT2D eigenvalue weighted by Crippen LogP contribution is -2.42. The molecule has 2 aromatic rings. The van der Waals surface area contributed by atoms with Gasteiger partial charge in [-0.05, 0) is 55.0 Å². The molecule has 1 aromatic heterocycles. The Kier molecular flexibility index (Phi) is 6.29. The van der Waals surface area contributed by atoms with Crippen molar-refractivity contribution in [3.63, 3.8) is 0 Å². The number of methoxy groups -OCH3 is 1. The van der Waals surface area contributed by atoms with Crippen molar-refractivity contribution in [3.8, 4) is 11.4 Å². The summed E-state index contributed by atoms with van der Waals surface area (Å²) in [5.41, 5.74) is 2.60. The first-order chi connectivity index (χ1) is 12.7. The lowest BCUT2D eigenvalue weighted by atomic mass is 9.68. The number of aliphatic imine (C=N–C) groups is 1. The number of hydrogen-bond acceptors (Lipinski definition) is 3. The van der Waals surface area contributed by atoms with Gasteiger partial charge < -0.3 is 15.0 Å². The van der Waals surface area contributed by atoms with Gasteiger partial charge in [-0.2, -0.15) is 5.10 Å². The van der Waals surface area contributed by atoms with E-state index in [1.807, 2.05) is 48.3 Å². The molecule has 1 saturated carbocycles. The van der Waals surface area contributed by atoms with Gasteiger partial charge in [0, 0.05) is 26.3 Å². The smallest absolute Gasteiger partial charge is 0.193 e. The second-order valence-electron chi connectivity index (χ2n) is 7.38. The molecule has 6 nitrogen and oxygen atoms in total. The molecule has 1 aliphatic heterocycles. The van der Waals surface area contributed by atoms with Crippen LogP contribution in [0.2, 0.25) is 0 Å². The molecule has 1 aromatic carbocycles. The SMILES string of the molecule is CN=C(NCc1ccn(-c2ccc(OC)cc2)n1)N1CCC2(CCC2)C1.I. The van der Waals surface area contributed by atoms with Gasteiger partial charge in [0.05, 0.1) is 25.0 Å². The van der Waals surface area contributed by atoms with Crippen LogP contribution in [0, 0.1) is 5.41 Å². The van der Waals surface area contributed by atoms with Gasteiger partial charge in [0.25, 0.3) is 0 Å². The molecule has 1 aliphatic carbocycles. The van der Waals surface area contributed by atoms with Gasteiger partial charge in [0.2, 0.25) is 0 Å². The van der Waals surface area contributed by atoms with Gasteiger partial charge >= 0.3 is 0 Å². The molecule has 0 unspecified atom stereocenters. The number of benzene rings is 1. The summed E-state index contributed by atoms with van der Waals surface area (Å²) >= 11 is 0. The summed E-state index contributed by atoms with van der Waals surface area (Å²) < 4.78 is 7.09.